The number of carbonyl (C=O) groups excluding carboxylic acids is 1. The number of sulfone groups is 1. The number of aryl methyl sites for hydroxylation is 2. The van der Waals surface area contributed by atoms with Crippen LogP contribution in [0.5, 0.6) is 0 Å². The highest BCUT2D eigenvalue weighted by Crippen LogP contribution is 2.25. The van der Waals surface area contributed by atoms with E-state index in [1.807, 2.05) is 6.07 Å². The van der Waals surface area contributed by atoms with Crippen LogP contribution in [0.15, 0.2) is 47.4 Å². The van der Waals surface area contributed by atoms with Crippen LogP contribution in [0.25, 0.3) is 0 Å². The van der Waals surface area contributed by atoms with E-state index >= 15 is 0 Å². The number of hydrogen-bond acceptors (Lipinski definition) is 3. The van der Waals surface area contributed by atoms with Crippen LogP contribution in [-0.2, 0) is 21.1 Å². The molecular weight excluding hydrogens is 389 g/mol. The first-order chi connectivity index (χ1) is 12.8. The van der Waals surface area contributed by atoms with Crippen molar-refractivity contribution in [1.82, 2.24) is 4.90 Å². The van der Waals surface area contributed by atoms with Gasteiger partial charge in [0.25, 0.3) is 0 Å². The highest BCUT2D eigenvalue weighted by Gasteiger charge is 2.35. The van der Waals surface area contributed by atoms with Crippen molar-refractivity contribution in [2.24, 2.45) is 0 Å². The fraction of sp³-hybridized carbons (Fsp3) is 0.350. The lowest BCUT2D eigenvalue weighted by atomic mass is 10.1. The molecule has 0 aromatic heterocycles. The molecule has 7 heteroatoms. The van der Waals surface area contributed by atoms with E-state index in [4.69, 9.17) is 11.6 Å². The fourth-order valence-corrected chi connectivity index (χ4v) is 5.04. The van der Waals surface area contributed by atoms with E-state index in [9.17, 15) is 17.6 Å². The third-order valence-electron chi connectivity index (χ3n) is 4.94. The molecule has 1 aliphatic heterocycles. The Kier molecular flexibility index (Phi) is 5.86. The van der Waals surface area contributed by atoms with Crippen LogP contribution in [0.4, 0.5) is 4.39 Å². The predicted octanol–water partition coefficient (Wildman–Crippen LogP) is 3.79. The van der Waals surface area contributed by atoms with Gasteiger partial charge in [0.15, 0.2) is 9.84 Å². The molecule has 1 fully saturated rings. The third-order valence-corrected chi connectivity index (χ3v) is 7.39. The number of hydrogen-bond donors (Lipinski definition) is 0. The normalized spacial score (nSPS) is 17.3. The molecule has 0 bridgehead atoms. The van der Waals surface area contributed by atoms with Gasteiger partial charge in [-0.2, -0.15) is 0 Å². The quantitative estimate of drug-likeness (QED) is 0.754. The number of likely N-dealkylation sites (tertiary alicyclic amines) is 1. The SMILES string of the molecule is Cc1ccc(CCC(=O)N2CCC(S(=O)(=O)c3ccc(Cl)cc3)C2)cc1F. The Morgan fingerprint density at radius 1 is 1.22 bits per heavy atom. The highest BCUT2D eigenvalue weighted by molar-refractivity contribution is 7.92. The molecular formula is C20H21ClFNO3S. The van der Waals surface area contributed by atoms with Crippen molar-refractivity contribution in [2.45, 2.75) is 36.3 Å². The monoisotopic (exact) mass is 409 g/mol. The highest BCUT2D eigenvalue weighted by atomic mass is 35.5. The van der Waals surface area contributed by atoms with Crippen LogP contribution in [-0.4, -0.2) is 37.6 Å². The lowest BCUT2D eigenvalue weighted by Gasteiger charge is -2.17. The van der Waals surface area contributed by atoms with Gasteiger partial charge in [-0.1, -0.05) is 23.7 Å². The first-order valence-corrected chi connectivity index (χ1v) is 10.7. The molecule has 0 saturated carbocycles. The summed E-state index contributed by atoms with van der Waals surface area (Å²) in [5, 5.41) is -0.135. The van der Waals surface area contributed by atoms with Gasteiger partial charge in [0.05, 0.1) is 10.1 Å². The van der Waals surface area contributed by atoms with Crippen molar-refractivity contribution in [3.05, 3.63) is 64.4 Å². The number of benzene rings is 2. The second-order valence-electron chi connectivity index (χ2n) is 6.83. The zero-order valence-electron chi connectivity index (χ0n) is 15.0. The van der Waals surface area contributed by atoms with E-state index in [-0.39, 0.29) is 29.6 Å². The Morgan fingerprint density at radius 3 is 2.59 bits per heavy atom. The van der Waals surface area contributed by atoms with Crippen LogP contribution < -0.4 is 0 Å². The maximum absolute atomic E-state index is 13.6. The summed E-state index contributed by atoms with van der Waals surface area (Å²) in [5.41, 5.74) is 1.33. The van der Waals surface area contributed by atoms with Gasteiger partial charge in [-0.25, -0.2) is 12.8 Å². The Balaban J connectivity index is 1.60. The molecule has 4 nitrogen and oxygen atoms in total. The lowest BCUT2D eigenvalue weighted by Crippen LogP contribution is -2.32. The first-order valence-electron chi connectivity index (χ1n) is 8.79. The van der Waals surface area contributed by atoms with E-state index in [0.717, 1.165) is 5.56 Å². The Bertz CT molecular complexity index is 944. The van der Waals surface area contributed by atoms with Crippen molar-refractivity contribution in [3.8, 4) is 0 Å². The Morgan fingerprint density at radius 2 is 1.93 bits per heavy atom. The van der Waals surface area contributed by atoms with Crippen molar-refractivity contribution in [1.29, 1.82) is 0 Å². The molecule has 1 aliphatic rings. The van der Waals surface area contributed by atoms with E-state index in [1.54, 1.807) is 30.0 Å². The smallest absolute Gasteiger partial charge is 0.222 e. The van der Waals surface area contributed by atoms with Gasteiger partial charge in [-0.05, 0) is 61.2 Å². The van der Waals surface area contributed by atoms with Gasteiger partial charge in [0, 0.05) is 24.5 Å². The standard InChI is InChI=1S/C20H21ClFNO3S/c1-14-2-3-15(12-19(14)22)4-9-20(24)23-11-10-18(13-23)27(25,26)17-7-5-16(21)6-8-17/h2-3,5-8,12,18H,4,9-11,13H2,1H3. The molecule has 2 aromatic carbocycles. The molecule has 144 valence electrons. The topological polar surface area (TPSA) is 54.5 Å². The summed E-state index contributed by atoms with van der Waals surface area (Å²) in [6, 6.07) is 11.0. The van der Waals surface area contributed by atoms with E-state index in [2.05, 4.69) is 0 Å². The number of rotatable bonds is 5. The molecule has 0 radical (unpaired) electrons. The summed E-state index contributed by atoms with van der Waals surface area (Å²) in [6.45, 7) is 2.29. The molecule has 1 atom stereocenters. The number of halogens is 2. The van der Waals surface area contributed by atoms with Gasteiger partial charge >= 0.3 is 0 Å². The van der Waals surface area contributed by atoms with Crippen molar-refractivity contribution in [2.75, 3.05) is 13.1 Å². The number of amides is 1. The summed E-state index contributed by atoms with van der Waals surface area (Å²) < 4.78 is 39.1. The van der Waals surface area contributed by atoms with E-state index in [0.29, 0.717) is 30.0 Å². The van der Waals surface area contributed by atoms with Crippen LogP contribution >= 0.6 is 11.6 Å². The Labute approximate surface area is 163 Å². The average Bonchev–Trinajstić information content (AvgIpc) is 3.14. The minimum Gasteiger partial charge on any atom is -0.341 e. The molecule has 1 heterocycles. The fourth-order valence-electron chi connectivity index (χ4n) is 3.23. The zero-order chi connectivity index (χ0) is 19.6. The molecule has 2 aromatic rings. The minimum absolute atomic E-state index is 0.107. The molecule has 27 heavy (non-hydrogen) atoms. The minimum atomic E-state index is -3.50. The summed E-state index contributed by atoms with van der Waals surface area (Å²) >= 11 is 5.82. The molecule has 3 rings (SSSR count). The van der Waals surface area contributed by atoms with Crippen molar-refractivity contribution in [3.63, 3.8) is 0 Å². The van der Waals surface area contributed by atoms with Crippen LogP contribution in [0, 0.1) is 12.7 Å². The van der Waals surface area contributed by atoms with Gasteiger partial charge in [0.1, 0.15) is 5.82 Å². The first kappa shape index (κ1) is 19.8. The summed E-state index contributed by atoms with van der Waals surface area (Å²) in [4.78, 5) is 14.3. The van der Waals surface area contributed by atoms with E-state index in [1.165, 1.54) is 18.2 Å². The van der Waals surface area contributed by atoms with Gasteiger partial charge in [-0.3, -0.25) is 4.79 Å². The molecule has 1 saturated heterocycles. The lowest BCUT2D eigenvalue weighted by molar-refractivity contribution is -0.130. The number of carbonyl (C=O) groups is 1. The molecule has 1 amide bonds. The summed E-state index contributed by atoms with van der Waals surface area (Å²) in [5.74, 6) is -0.389. The maximum atomic E-state index is 13.6. The van der Waals surface area contributed by atoms with Gasteiger partial charge in [0.2, 0.25) is 5.91 Å². The van der Waals surface area contributed by atoms with Crippen LogP contribution in [0.2, 0.25) is 5.02 Å². The average molecular weight is 410 g/mol. The molecule has 0 spiro atoms. The van der Waals surface area contributed by atoms with Crippen molar-refractivity contribution >= 4 is 27.3 Å². The van der Waals surface area contributed by atoms with Gasteiger partial charge in [-0.15, -0.1) is 0 Å². The zero-order valence-corrected chi connectivity index (χ0v) is 16.6. The van der Waals surface area contributed by atoms with Crippen LogP contribution in [0.1, 0.15) is 24.0 Å². The van der Waals surface area contributed by atoms with E-state index < -0.39 is 15.1 Å². The molecule has 0 N–H and O–H groups in total. The maximum Gasteiger partial charge on any atom is 0.222 e. The van der Waals surface area contributed by atoms with Crippen molar-refractivity contribution < 1.29 is 17.6 Å². The van der Waals surface area contributed by atoms with Crippen LogP contribution in [0.3, 0.4) is 0 Å². The molecule has 1 unspecified atom stereocenters. The second kappa shape index (κ2) is 7.98. The summed E-state index contributed by atoms with van der Waals surface area (Å²) in [6.07, 6.45) is 1.08. The molecule has 0 aliphatic carbocycles. The third kappa shape index (κ3) is 4.50. The van der Waals surface area contributed by atoms with Gasteiger partial charge < -0.3 is 4.90 Å². The second-order valence-corrected chi connectivity index (χ2v) is 9.50. The Hall–Kier alpha value is -1.92. The summed E-state index contributed by atoms with van der Waals surface area (Å²) in [7, 11) is -3.50. The predicted molar refractivity (Wildman–Crippen MR) is 103 cm³/mol. The largest absolute Gasteiger partial charge is 0.341 e. The number of nitrogens with zero attached hydrogens (tertiary/aromatic N) is 1.